The average Bonchev–Trinajstić information content (AvgIpc) is 2.83. The molecule has 0 radical (unpaired) electrons. The number of benzene rings is 1. The summed E-state index contributed by atoms with van der Waals surface area (Å²) >= 11 is 0. The summed E-state index contributed by atoms with van der Waals surface area (Å²) in [5, 5.41) is 8.77. The van der Waals surface area contributed by atoms with Crippen molar-refractivity contribution < 1.29 is 4.79 Å². The number of carbonyl (C=O) groups excluding carboxylic acids is 1. The van der Waals surface area contributed by atoms with E-state index in [0.717, 1.165) is 49.6 Å². The number of nitrogens with zero attached hydrogens (tertiary/aromatic N) is 5. The van der Waals surface area contributed by atoms with Crippen LogP contribution in [0.15, 0.2) is 67.0 Å². The zero-order chi connectivity index (χ0) is 20.8. The first-order valence-electron chi connectivity index (χ1n) is 10.6. The van der Waals surface area contributed by atoms with Gasteiger partial charge in [0, 0.05) is 50.1 Å². The van der Waals surface area contributed by atoms with Crippen molar-refractivity contribution in [3.8, 4) is 11.3 Å². The number of amides is 1. The SMILES string of the molecule is CCN(Cc1ccccc1)C(=O)C1CCN(c2ccc(-c3cccnc3)nn2)CC1. The predicted molar refractivity (Wildman–Crippen MR) is 118 cm³/mol. The van der Waals surface area contributed by atoms with Gasteiger partial charge < -0.3 is 9.80 Å². The van der Waals surface area contributed by atoms with Crippen molar-refractivity contribution in [2.75, 3.05) is 24.5 Å². The summed E-state index contributed by atoms with van der Waals surface area (Å²) in [4.78, 5) is 21.4. The molecule has 1 fully saturated rings. The fourth-order valence-electron chi connectivity index (χ4n) is 3.93. The molecule has 2 aromatic heterocycles. The number of piperidine rings is 1. The van der Waals surface area contributed by atoms with Crippen LogP contribution in [0.25, 0.3) is 11.3 Å². The lowest BCUT2D eigenvalue weighted by molar-refractivity contribution is -0.136. The molecule has 1 aromatic carbocycles. The topological polar surface area (TPSA) is 62.2 Å². The van der Waals surface area contributed by atoms with Crippen molar-refractivity contribution in [3.05, 3.63) is 72.6 Å². The fourth-order valence-corrected chi connectivity index (χ4v) is 3.93. The molecule has 4 rings (SSSR count). The van der Waals surface area contributed by atoms with Gasteiger partial charge in [0.15, 0.2) is 5.82 Å². The maximum atomic E-state index is 13.1. The van der Waals surface area contributed by atoms with Crippen molar-refractivity contribution in [3.63, 3.8) is 0 Å². The second-order valence-electron chi connectivity index (χ2n) is 7.62. The highest BCUT2D eigenvalue weighted by atomic mass is 16.2. The molecule has 1 aliphatic heterocycles. The largest absolute Gasteiger partial charge is 0.355 e. The summed E-state index contributed by atoms with van der Waals surface area (Å²) < 4.78 is 0. The molecule has 0 saturated carbocycles. The number of hydrogen-bond acceptors (Lipinski definition) is 5. The summed E-state index contributed by atoms with van der Waals surface area (Å²) in [7, 11) is 0. The molecule has 1 saturated heterocycles. The van der Waals surface area contributed by atoms with Gasteiger partial charge in [-0.2, -0.15) is 0 Å². The van der Waals surface area contributed by atoms with Crippen LogP contribution in [0.5, 0.6) is 0 Å². The lowest BCUT2D eigenvalue weighted by Crippen LogP contribution is -2.42. The third kappa shape index (κ3) is 4.64. The van der Waals surface area contributed by atoms with Crippen LogP contribution in [0.2, 0.25) is 0 Å². The molecule has 0 spiro atoms. The summed E-state index contributed by atoms with van der Waals surface area (Å²) in [6, 6.07) is 18.1. The molecular weight excluding hydrogens is 374 g/mol. The molecule has 0 aliphatic carbocycles. The van der Waals surface area contributed by atoms with E-state index in [1.165, 1.54) is 5.56 Å². The normalized spacial score (nSPS) is 14.5. The fraction of sp³-hybridized carbons (Fsp3) is 0.333. The quantitative estimate of drug-likeness (QED) is 0.629. The molecule has 1 aliphatic rings. The second kappa shape index (κ2) is 9.48. The van der Waals surface area contributed by atoms with Gasteiger partial charge in [-0.05, 0) is 49.6 Å². The summed E-state index contributed by atoms with van der Waals surface area (Å²) in [5.41, 5.74) is 2.95. The smallest absolute Gasteiger partial charge is 0.226 e. The Morgan fingerprint density at radius 3 is 2.47 bits per heavy atom. The first-order chi connectivity index (χ1) is 14.7. The number of anilines is 1. The van der Waals surface area contributed by atoms with Crippen LogP contribution in [-0.2, 0) is 11.3 Å². The zero-order valence-electron chi connectivity index (χ0n) is 17.3. The lowest BCUT2D eigenvalue weighted by Gasteiger charge is -2.34. The predicted octanol–water partition coefficient (Wildman–Crippen LogP) is 3.80. The molecular formula is C24H27N5O. The average molecular weight is 402 g/mol. The minimum atomic E-state index is 0.0764. The monoisotopic (exact) mass is 401 g/mol. The third-order valence-corrected chi connectivity index (χ3v) is 5.69. The molecule has 0 bridgehead atoms. The maximum absolute atomic E-state index is 13.1. The third-order valence-electron chi connectivity index (χ3n) is 5.69. The van der Waals surface area contributed by atoms with Crippen LogP contribution < -0.4 is 4.90 Å². The Kier molecular flexibility index (Phi) is 6.32. The Labute approximate surface area is 177 Å². The Morgan fingerprint density at radius 1 is 1.03 bits per heavy atom. The van der Waals surface area contributed by atoms with E-state index in [1.807, 2.05) is 47.4 Å². The van der Waals surface area contributed by atoms with E-state index in [-0.39, 0.29) is 11.8 Å². The van der Waals surface area contributed by atoms with Crippen molar-refractivity contribution in [2.45, 2.75) is 26.3 Å². The molecule has 154 valence electrons. The van der Waals surface area contributed by atoms with Crippen LogP contribution >= 0.6 is 0 Å². The Balaban J connectivity index is 1.34. The Morgan fingerprint density at radius 2 is 1.83 bits per heavy atom. The van der Waals surface area contributed by atoms with Crippen LogP contribution in [0, 0.1) is 5.92 Å². The summed E-state index contributed by atoms with van der Waals surface area (Å²) in [5.74, 6) is 1.21. The van der Waals surface area contributed by atoms with Crippen molar-refractivity contribution in [2.24, 2.45) is 5.92 Å². The summed E-state index contributed by atoms with van der Waals surface area (Å²) in [6.45, 7) is 5.10. The molecule has 6 nitrogen and oxygen atoms in total. The van der Waals surface area contributed by atoms with Gasteiger partial charge in [0.25, 0.3) is 0 Å². The summed E-state index contributed by atoms with van der Waals surface area (Å²) in [6.07, 6.45) is 5.22. The lowest BCUT2D eigenvalue weighted by atomic mass is 9.95. The zero-order valence-corrected chi connectivity index (χ0v) is 17.3. The number of rotatable bonds is 6. The van der Waals surface area contributed by atoms with Gasteiger partial charge in [-0.15, -0.1) is 10.2 Å². The number of pyridine rings is 1. The molecule has 0 N–H and O–H groups in total. The molecule has 1 amide bonds. The molecule has 6 heteroatoms. The minimum Gasteiger partial charge on any atom is -0.355 e. The van der Waals surface area contributed by atoms with Crippen molar-refractivity contribution in [1.82, 2.24) is 20.1 Å². The van der Waals surface area contributed by atoms with Gasteiger partial charge >= 0.3 is 0 Å². The minimum absolute atomic E-state index is 0.0764. The van der Waals surface area contributed by atoms with E-state index in [0.29, 0.717) is 6.54 Å². The van der Waals surface area contributed by atoms with Gasteiger partial charge in [-0.1, -0.05) is 30.3 Å². The van der Waals surface area contributed by atoms with E-state index in [9.17, 15) is 4.79 Å². The van der Waals surface area contributed by atoms with Crippen molar-refractivity contribution >= 4 is 11.7 Å². The first-order valence-corrected chi connectivity index (χ1v) is 10.6. The van der Waals surface area contributed by atoms with Crippen LogP contribution in [0.3, 0.4) is 0 Å². The Bertz CT molecular complexity index is 938. The standard InChI is InChI=1S/C24H27N5O/c1-2-28(18-19-7-4-3-5-8-19)24(30)20-12-15-29(16-13-20)23-11-10-22(26-27-23)21-9-6-14-25-17-21/h3-11,14,17,20H,2,12-13,15-16,18H2,1H3. The van der Waals surface area contributed by atoms with E-state index >= 15 is 0 Å². The number of hydrogen-bond donors (Lipinski definition) is 0. The van der Waals surface area contributed by atoms with Crippen LogP contribution in [0.1, 0.15) is 25.3 Å². The van der Waals surface area contributed by atoms with Crippen LogP contribution in [0.4, 0.5) is 5.82 Å². The number of aromatic nitrogens is 3. The van der Waals surface area contributed by atoms with E-state index in [4.69, 9.17) is 0 Å². The van der Waals surface area contributed by atoms with Gasteiger partial charge in [0.1, 0.15) is 0 Å². The highest BCUT2D eigenvalue weighted by Crippen LogP contribution is 2.25. The highest BCUT2D eigenvalue weighted by Gasteiger charge is 2.28. The van der Waals surface area contributed by atoms with E-state index < -0.39 is 0 Å². The molecule has 3 heterocycles. The van der Waals surface area contributed by atoms with Gasteiger partial charge in [0.2, 0.25) is 5.91 Å². The second-order valence-corrected chi connectivity index (χ2v) is 7.62. The van der Waals surface area contributed by atoms with Crippen LogP contribution in [-0.4, -0.2) is 45.6 Å². The Hall–Kier alpha value is -3.28. The molecule has 30 heavy (non-hydrogen) atoms. The maximum Gasteiger partial charge on any atom is 0.226 e. The molecule has 0 atom stereocenters. The van der Waals surface area contributed by atoms with E-state index in [1.54, 1.807) is 12.4 Å². The van der Waals surface area contributed by atoms with Crippen molar-refractivity contribution in [1.29, 1.82) is 0 Å². The van der Waals surface area contributed by atoms with Gasteiger partial charge in [0.05, 0.1) is 5.69 Å². The van der Waals surface area contributed by atoms with E-state index in [2.05, 4.69) is 39.1 Å². The molecule has 0 unspecified atom stereocenters. The van der Waals surface area contributed by atoms with Gasteiger partial charge in [-0.3, -0.25) is 9.78 Å². The number of carbonyl (C=O) groups is 1. The first kappa shape index (κ1) is 20.0. The molecule has 3 aromatic rings. The highest BCUT2D eigenvalue weighted by molar-refractivity contribution is 5.79. The van der Waals surface area contributed by atoms with Gasteiger partial charge in [-0.25, -0.2) is 0 Å².